The van der Waals surface area contributed by atoms with Gasteiger partial charge in [-0.15, -0.1) is 0 Å². The molecule has 0 aromatic heterocycles. The van der Waals surface area contributed by atoms with Gasteiger partial charge in [0.05, 0.1) is 13.3 Å². The van der Waals surface area contributed by atoms with Crippen LogP contribution in [0, 0.1) is 0 Å². The van der Waals surface area contributed by atoms with E-state index in [-0.39, 0.29) is 29.8 Å². The number of hydrogen-bond acceptors (Lipinski definition) is 6. The standard InChI is InChI=1S/C24H38N2O4/c1-19(2)22(27)29-16-15-25-18-28-17-21(20-11-8-7-9-12-20)30-26-23(3,4)13-10-14-24(26,5)6/h7-9,11-12,21,25H,1,10,13-18H2,2-6H3. The van der Waals surface area contributed by atoms with E-state index in [0.717, 1.165) is 18.4 Å². The number of hydroxylamine groups is 2. The summed E-state index contributed by atoms with van der Waals surface area (Å²) in [5.74, 6) is -0.373. The summed E-state index contributed by atoms with van der Waals surface area (Å²) in [6.07, 6.45) is 3.20. The van der Waals surface area contributed by atoms with Gasteiger partial charge in [-0.2, -0.15) is 5.06 Å². The van der Waals surface area contributed by atoms with Gasteiger partial charge in [-0.3, -0.25) is 10.2 Å². The summed E-state index contributed by atoms with van der Waals surface area (Å²) in [6, 6.07) is 10.2. The Morgan fingerprint density at radius 1 is 1.17 bits per heavy atom. The predicted molar refractivity (Wildman–Crippen MR) is 119 cm³/mol. The van der Waals surface area contributed by atoms with Gasteiger partial charge in [0.25, 0.3) is 0 Å². The van der Waals surface area contributed by atoms with Crippen molar-refractivity contribution >= 4 is 5.97 Å². The second-order valence-electron chi connectivity index (χ2n) is 9.21. The summed E-state index contributed by atoms with van der Waals surface area (Å²) < 4.78 is 10.9. The van der Waals surface area contributed by atoms with Crippen LogP contribution in [0.1, 0.15) is 65.5 Å². The molecule has 0 amide bonds. The minimum Gasteiger partial charge on any atom is -0.461 e. The van der Waals surface area contributed by atoms with E-state index in [2.05, 4.69) is 56.8 Å². The number of benzene rings is 1. The molecular formula is C24H38N2O4. The Hall–Kier alpha value is -1.73. The number of nitrogens with zero attached hydrogens (tertiary/aromatic N) is 1. The molecule has 1 aliphatic rings. The molecule has 168 valence electrons. The number of ether oxygens (including phenoxy) is 2. The van der Waals surface area contributed by atoms with Gasteiger partial charge < -0.3 is 9.47 Å². The SMILES string of the molecule is C=C(C)C(=O)OCCNCOCC(ON1C(C)(C)CCCC1(C)C)c1ccccc1. The second kappa shape index (κ2) is 11.0. The third-order valence-corrected chi connectivity index (χ3v) is 5.41. The molecule has 1 saturated heterocycles. The molecule has 6 nitrogen and oxygen atoms in total. The van der Waals surface area contributed by atoms with Crippen molar-refractivity contribution in [3.63, 3.8) is 0 Å². The lowest BCUT2D eigenvalue weighted by molar-refractivity contribution is -0.313. The fraction of sp³-hybridized carbons (Fsp3) is 0.625. The maximum atomic E-state index is 11.4. The van der Waals surface area contributed by atoms with Crippen molar-refractivity contribution in [2.24, 2.45) is 0 Å². The Labute approximate surface area is 181 Å². The first-order chi connectivity index (χ1) is 14.1. The molecule has 0 aliphatic carbocycles. The predicted octanol–water partition coefficient (Wildman–Crippen LogP) is 4.39. The number of rotatable bonds is 11. The molecule has 0 radical (unpaired) electrons. The Bertz CT molecular complexity index is 672. The average molecular weight is 419 g/mol. The van der Waals surface area contributed by atoms with Crippen molar-refractivity contribution in [3.05, 3.63) is 48.0 Å². The lowest BCUT2D eigenvalue weighted by atomic mass is 9.82. The van der Waals surface area contributed by atoms with Gasteiger partial charge in [0.15, 0.2) is 0 Å². The smallest absolute Gasteiger partial charge is 0.333 e. The summed E-state index contributed by atoms with van der Waals surface area (Å²) in [7, 11) is 0. The number of nitrogens with one attached hydrogen (secondary N) is 1. The largest absolute Gasteiger partial charge is 0.461 e. The summed E-state index contributed by atoms with van der Waals surface area (Å²) in [5, 5.41) is 5.30. The number of esters is 1. The zero-order chi connectivity index (χ0) is 22.2. The van der Waals surface area contributed by atoms with Crippen LogP contribution in [0.25, 0.3) is 0 Å². The first-order valence-electron chi connectivity index (χ1n) is 10.8. The first kappa shape index (κ1) is 24.5. The normalized spacial score (nSPS) is 19.2. The van der Waals surface area contributed by atoms with Gasteiger partial charge in [0.2, 0.25) is 0 Å². The van der Waals surface area contributed by atoms with E-state index >= 15 is 0 Å². The highest BCUT2D eigenvalue weighted by Gasteiger charge is 2.43. The molecule has 1 atom stereocenters. The lowest BCUT2D eigenvalue weighted by Gasteiger charge is -2.52. The van der Waals surface area contributed by atoms with Crippen molar-refractivity contribution in [1.82, 2.24) is 10.4 Å². The summed E-state index contributed by atoms with van der Waals surface area (Å²) in [5.41, 5.74) is 1.41. The van der Waals surface area contributed by atoms with Crippen LogP contribution in [-0.2, 0) is 19.1 Å². The van der Waals surface area contributed by atoms with Gasteiger partial charge in [0.1, 0.15) is 12.7 Å². The lowest BCUT2D eigenvalue weighted by Crippen LogP contribution is -2.58. The van der Waals surface area contributed by atoms with Crippen LogP contribution in [0.15, 0.2) is 42.5 Å². The third-order valence-electron chi connectivity index (χ3n) is 5.41. The number of hydrogen-bond donors (Lipinski definition) is 1. The highest BCUT2D eigenvalue weighted by Crippen LogP contribution is 2.40. The maximum absolute atomic E-state index is 11.4. The van der Waals surface area contributed by atoms with Gasteiger partial charge in [-0.05, 0) is 59.4 Å². The van der Waals surface area contributed by atoms with Crippen LogP contribution < -0.4 is 5.32 Å². The Kier molecular flexibility index (Phi) is 9.04. The number of piperidine rings is 1. The molecule has 1 N–H and O–H groups in total. The second-order valence-corrected chi connectivity index (χ2v) is 9.21. The highest BCUT2D eigenvalue weighted by molar-refractivity contribution is 5.86. The molecule has 1 aromatic rings. The Balaban J connectivity index is 1.90. The maximum Gasteiger partial charge on any atom is 0.333 e. The van der Waals surface area contributed by atoms with Gasteiger partial charge in [-0.1, -0.05) is 36.9 Å². The van der Waals surface area contributed by atoms with Crippen molar-refractivity contribution in [2.45, 2.75) is 71.1 Å². The van der Waals surface area contributed by atoms with Gasteiger partial charge in [-0.25, -0.2) is 4.79 Å². The quantitative estimate of drug-likeness (QED) is 0.249. The zero-order valence-electron chi connectivity index (χ0n) is 19.2. The Morgan fingerprint density at radius 2 is 1.80 bits per heavy atom. The van der Waals surface area contributed by atoms with Crippen LogP contribution in [0.4, 0.5) is 0 Å². The molecule has 6 heteroatoms. The van der Waals surface area contributed by atoms with Crippen LogP contribution in [-0.4, -0.2) is 48.6 Å². The molecule has 0 bridgehead atoms. The molecule has 30 heavy (non-hydrogen) atoms. The van der Waals surface area contributed by atoms with E-state index in [9.17, 15) is 4.79 Å². The number of carbonyl (C=O) groups excluding carboxylic acids is 1. The fourth-order valence-electron chi connectivity index (χ4n) is 3.89. The summed E-state index contributed by atoms with van der Waals surface area (Å²) >= 11 is 0. The Morgan fingerprint density at radius 3 is 2.40 bits per heavy atom. The monoisotopic (exact) mass is 418 g/mol. The molecule has 1 unspecified atom stereocenters. The fourth-order valence-corrected chi connectivity index (χ4v) is 3.89. The van der Waals surface area contributed by atoms with Gasteiger partial charge in [0, 0.05) is 23.2 Å². The first-order valence-corrected chi connectivity index (χ1v) is 10.8. The van der Waals surface area contributed by atoms with Gasteiger partial charge >= 0.3 is 5.97 Å². The average Bonchev–Trinajstić information content (AvgIpc) is 2.68. The van der Waals surface area contributed by atoms with Crippen molar-refractivity contribution in [2.75, 3.05) is 26.5 Å². The molecule has 1 heterocycles. The summed E-state index contributed by atoms with van der Waals surface area (Å²) in [6.45, 7) is 15.7. The molecule has 0 saturated carbocycles. The minimum atomic E-state index is -0.373. The van der Waals surface area contributed by atoms with Crippen LogP contribution >= 0.6 is 0 Å². The van der Waals surface area contributed by atoms with E-state index in [1.165, 1.54) is 6.42 Å². The number of carbonyl (C=O) groups is 1. The zero-order valence-corrected chi connectivity index (χ0v) is 19.2. The highest BCUT2D eigenvalue weighted by atomic mass is 16.7. The molecule has 2 rings (SSSR count). The van der Waals surface area contributed by atoms with E-state index in [1.54, 1.807) is 6.92 Å². The molecule has 1 aromatic carbocycles. The van der Waals surface area contributed by atoms with Crippen molar-refractivity contribution in [3.8, 4) is 0 Å². The van der Waals surface area contributed by atoms with E-state index in [0.29, 0.717) is 25.5 Å². The van der Waals surface area contributed by atoms with Crippen LogP contribution in [0.2, 0.25) is 0 Å². The molecular weight excluding hydrogens is 380 g/mol. The van der Waals surface area contributed by atoms with E-state index < -0.39 is 0 Å². The van der Waals surface area contributed by atoms with Crippen molar-refractivity contribution < 1.29 is 19.1 Å². The summed E-state index contributed by atoms with van der Waals surface area (Å²) in [4.78, 5) is 18.0. The minimum absolute atomic E-state index is 0.0415. The molecule has 1 aliphatic heterocycles. The molecule has 0 spiro atoms. The van der Waals surface area contributed by atoms with Crippen LogP contribution in [0.5, 0.6) is 0 Å². The van der Waals surface area contributed by atoms with Crippen molar-refractivity contribution in [1.29, 1.82) is 0 Å². The topological polar surface area (TPSA) is 60.0 Å². The van der Waals surface area contributed by atoms with E-state index in [4.69, 9.17) is 14.3 Å². The van der Waals surface area contributed by atoms with Crippen LogP contribution in [0.3, 0.4) is 0 Å². The molecule has 1 fully saturated rings. The third kappa shape index (κ3) is 7.20. The van der Waals surface area contributed by atoms with E-state index in [1.807, 2.05) is 18.2 Å².